The van der Waals surface area contributed by atoms with Crippen molar-refractivity contribution in [2.45, 2.75) is 26.8 Å². The van der Waals surface area contributed by atoms with Crippen LogP contribution in [0, 0.1) is 20.8 Å². The Kier molecular flexibility index (Phi) is 7.01. The number of anilines is 1. The highest BCUT2D eigenvalue weighted by atomic mass is 32.2. The van der Waals surface area contributed by atoms with E-state index in [0.29, 0.717) is 30.4 Å². The van der Waals surface area contributed by atoms with Crippen molar-refractivity contribution in [3.05, 3.63) is 59.1 Å². The second-order valence-electron chi connectivity index (χ2n) is 7.98. The van der Waals surface area contributed by atoms with Crippen LogP contribution in [-0.2, 0) is 14.4 Å². The van der Waals surface area contributed by atoms with Gasteiger partial charge in [0, 0.05) is 30.4 Å². The zero-order valence-electron chi connectivity index (χ0n) is 19.2. The van der Waals surface area contributed by atoms with Crippen LogP contribution in [0.1, 0.15) is 28.8 Å². The molecule has 1 fully saturated rings. The van der Waals surface area contributed by atoms with Crippen molar-refractivity contribution in [1.29, 1.82) is 0 Å². The lowest BCUT2D eigenvalue weighted by molar-refractivity contribution is -0.141. The van der Waals surface area contributed by atoms with Gasteiger partial charge in [-0.15, -0.1) is 11.8 Å². The van der Waals surface area contributed by atoms with Gasteiger partial charge in [0.05, 0.1) is 22.9 Å². The molecular weight excluding hydrogens is 456 g/mol. The summed E-state index contributed by atoms with van der Waals surface area (Å²) in [6.07, 6.45) is 0. The summed E-state index contributed by atoms with van der Waals surface area (Å²) in [4.78, 5) is 39.7. The van der Waals surface area contributed by atoms with Gasteiger partial charge in [-0.2, -0.15) is 5.10 Å². The number of carbonyl (C=O) groups excluding carboxylic acids is 3. The Hall–Kier alpha value is -3.60. The zero-order chi connectivity index (χ0) is 24.2. The Morgan fingerprint density at radius 3 is 2.68 bits per heavy atom. The summed E-state index contributed by atoms with van der Waals surface area (Å²) in [5.74, 6) is 0.350. The number of nitrogens with zero attached hydrogens (tertiary/aromatic N) is 4. The average Bonchev–Trinajstić information content (AvgIpc) is 3.35. The molecule has 4 rings (SSSR count). The Balaban J connectivity index is 1.46. The SMILES string of the molecule is Cc1cc(NC(=O)CSCC(=O)N2CCNC(=O)C2c2c(C)nn(-c3ccccc3)c2C)no1. The molecule has 0 saturated carbocycles. The van der Waals surface area contributed by atoms with Crippen LogP contribution in [-0.4, -0.2) is 62.2 Å². The lowest BCUT2D eigenvalue weighted by Crippen LogP contribution is -2.53. The lowest BCUT2D eigenvalue weighted by Gasteiger charge is -2.35. The van der Waals surface area contributed by atoms with Crippen molar-refractivity contribution >= 4 is 35.3 Å². The van der Waals surface area contributed by atoms with Crippen LogP contribution in [0.3, 0.4) is 0 Å². The molecule has 178 valence electrons. The first kappa shape index (κ1) is 23.6. The number of nitrogens with one attached hydrogen (secondary N) is 2. The summed E-state index contributed by atoms with van der Waals surface area (Å²) in [6, 6.07) is 10.5. The first-order valence-electron chi connectivity index (χ1n) is 10.8. The van der Waals surface area contributed by atoms with Gasteiger partial charge >= 0.3 is 0 Å². The van der Waals surface area contributed by atoms with Gasteiger partial charge in [-0.3, -0.25) is 14.4 Å². The molecule has 0 spiro atoms. The van der Waals surface area contributed by atoms with Crippen molar-refractivity contribution in [3.8, 4) is 5.69 Å². The predicted octanol–water partition coefficient (Wildman–Crippen LogP) is 2.16. The maximum Gasteiger partial charge on any atom is 0.247 e. The number of benzene rings is 1. The minimum atomic E-state index is -0.772. The fourth-order valence-electron chi connectivity index (χ4n) is 4.01. The molecule has 1 aliphatic heterocycles. The number of aromatic nitrogens is 3. The molecule has 10 nitrogen and oxygen atoms in total. The monoisotopic (exact) mass is 482 g/mol. The number of thioether (sulfide) groups is 1. The summed E-state index contributed by atoms with van der Waals surface area (Å²) in [5, 5.41) is 13.9. The van der Waals surface area contributed by atoms with Gasteiger partial charge in [0.15, 0.2) is 5.82 Å². The third-order valence-corrected chi connectivity index (χ3v) is 6.43. The van der Waals surface area contributed by atoms with Crippen molar-refractivity contribution < 1.29 is 18.9 Å². The molecule has 1 unspecified atom stereocenters. The molecule has 3 aromatic rings. The zero-order valence-corrected chi connectivity index (χ0v) is 20.0. The van der Waals surface area contributed by atoms with Crippen LogP contribution < -0.4 is 10.6 Å². The first-order valence-corrected chi connectivity index (χ1v) is 12.0. The van der Waals surface area contributed by atoms with Gasteiger partial charge in [0.1, 0.15) is 11.8 Å². The molecule has 3 heterocycles. The Morgan fingerprint density at radius 1 is 1.21 bits per heavy atom. The minimum Gasteiger partial charge on any atom is -0.360 e. The number of piperazine rings is 1. The van der Waals surface area contributed by atoms with Crippen LogP contribution in [0.4, 0.5) is 5.82 Å². The molecule has 0 radical (unpaired) electrons. The largest absolute Gasteiger partial charge is 0.360 e. The topological polar surface area (TPSA) is 122 Å². The summed E-state index contributed by atoms with van der Waals surface area (Å²) in [7, 11) is 0. The van der Waals surface area contributed by atoms with E-state index in [0.717, 1.165) is 16.9 Å². The van der Waals surface area contributed by atoms with E-state index >= 15 is 0 Å². The normalized spacial score (nSPS) is 15.8. The van der Waals surface area contributed by atoms with E-state index in [1.54, 1.807) is 22.6 Å². The van der Waals surface area contributed by atoms with E-state index in [1.807, 2.05) is 44.2 Å². The molecule has 1 saturated heterocycles. The van der Waals surface area contributed by atoms with Crippen LogP contribution >= 0.6 is 11.8 Å². The highest BCUT2D eigenvalue weighted by Gasteiger charge is 2.37. The van der Waals surface area contributed by atoms with Crippen LogP contribution in [0.2, 0.25) is 0 Å². The first-order chi connectivity index (χ1) is 16.3. The molecular formula is C23H26N6O4S. The van der Waals surface area contributed by atoms with E-state index in [-0.39, 0.29) is 29.2 Å². The summed E-state index contributed by atoms with van der Waals surface area (Å²) in [5.41, 5.74) is 3.10. The third-order valence-electron chi connectivity index (χ3n) is 5.51. The number of rotatable bonds is 7. The van der Waals surface area contributed by atoms with Gasteiger partial charge in [-0.25, -0.2) is 4.68 Å². The number of carbonyl (C=O) groups is 3. The number of amides is 3. The van der Waals surface area contributed by atoms with Crippen molar-refractivity contribution in [2.24, 2.45) is 0 Å². The van der Waals surface area contributed by atoms with Gasteiger partial charge in [-0.1, -0.05) is 23.4 Å². The second kappa shape index (κ2) is 10.1. The van der Waals surface area contributed by atoms with Gasteiger partial charge in [0.2, 0.25) is 17.7 Å². The molecule has 3 amide bonds. The van der Waals surface area contributed by atoms with E-state index in [4.69, 9.17) is 4.52 Å². The van der Waals surface area contributed by atoms with Gasteiger partial charge in [-0.05, 0) is 32.9 Å². The molecule has 1 aromatic carbocycles. The number of aryl methyl sites for hydroxylation is 2. The highest BCUT2D eigenvalue weighted by Crippen LogP contribution is 2.30. The average molecular weight is 483 g/mol. The quantitative estimate of drug-likeness (QED) is 0.529. The maximum absolute atomic E-state index is 13.1. The summed E-state index contributed by atoms with van der Waals surface area (Å²) < 4.78 is 6.72. The molecule has 11 heteroatoms. The summed E-state index contributed by atoms with van der Waals surface area (Å²) >= 11 is 1.18. The smallest absolute Gasteiger partial charge is 0.247 e. The highest BCUT2D eigenvalue weighted by molar-refractivity contribution is 8.00. The summed E-state index contributed by atoms with van der Waals surface area (Å²) in [6.45, 7) is 6.24. The Bertz CT molecular complexity index is 1210. The molecule has 0 bridgehead atoms. The standard InChI is InChI=1S/C23H26N6O4S/c1-14-11-18(27-33-14)25-19(30)12-34-13-20(31)28-10-9-24-23(32)22(28)21-15(2)26-29(16(21)3)17-7-5-4-6-8-17/h4-8,11,22H,9-10,12-13H2,1-3H3,(H,24,32)(H,25,27,30). The lowest BCUT2D eigenvalue weighted by atomic mass is 10.00. The molecule has 0 aliphatic carbocycles. The molecule has 1 aliphatic rings. The van der Waals surface area contributed by atoms with E-state index in [1.165, 1.54) is 11.8 Å². The third kappa shape index (κ3) is 4.98. The van der Waals surface area contributed by atoms with Gasteiger partial charge < -0.3 is 20.1 Å². The Labute approximate surface area is 201 Å². The van der Waals surface area contributed by atoms with Crippen LogP contribution in [0.25, 0.3) is 5.69 Å². The number of para-hydroxylation sites is 1. The minimum absolute atomic E-state index is 0.0694. The predicted molar refractivity (Wildman–Crippen MR) is 128 cm³/mol. The van der Waals surface area contributed by atoms with E-state index in [2.05, 4.69) is 20.9 Å². The molecule has 2 N–H and O–H groups in total. The van der Waals surface area contributed by atoms with Gasteiger partial charge in [0.25, 0.3) is 0 Å². The molecule has 2 aromatic heterocycles. The Morgan fingerprint density at radius 2 is 1.97 bits per heavy atom. The van der Waals surface area contributed by atoms with E-state index < -0.39 is 6.04 Å². The molecule has 1 atom stereocenters. The fourth-order valence-corrected chi connectivity index (χ4v) is 4.71. The van der Waals surface area contributed by atoms with Crippen LogP contribution in [0.5, 0.6) is 0 Å². The van der Waals surface area contributed by atoms with Crippen molar-refractivity contribution in [3.63, 3.8) is 0 Å². The van der Waals surface area contributed by atoms with E-state index in [9.17, 15) is 14.4 Å². The second-order valence-corrected chi connectivity index (χ2v) is 8.96. The maximum atomic E-state index is 13.1. The van der Waals surface area contributed by atoms with Crippen molar-refractivity contribution in [1.82, 2.24) is 25.2 Å². The van der Waals surface area contributed by atoms with Crippen molar-refractivity contribution in [2.75, 3.05) is 29.9 Å². The fraction of sp³-hybridized carbons (Fsp3) is 0.348. The van der Waals surface area contributed by atoms with Crippen LogP contribution in [0.15, 0.2) is 40.9 Å². The number of hydrogen-bond donors (Lipinski definition) is 2. The number of hydrogen-bond acceptors (Lipinski definition) is 7. The molecule has 34 heavy (non-hydrogen) atoms.